The maximum absolute atomic E-state index is 12.0. The van der Waals surface area contributed by atoms with Crippen molar-refractivity contribution in [3.8, 4) is 0 Å². The van der Waals surface area contributed by atoms with Crippen LogP contribution in [0.1, 0.15) is 37.7 Å². The van der Waals surface area contributed by atoms with Crippen molar-refractivity contribution in [2.24, 2.45) is 5.73 Å². The Bertz CT molecular complexity index is 395. The lowest BCUT2D eigenvalue weighted by Crippen LogP contribution is -2.25. The van der Waals surface area contributed by atoms with Crippen molar-refractivity contribution in [2.45, 2.75) is 38.6 Å². The van der Waals surface area contributed by atoms with Gasteiger partial charge in [-0.25, -0.2) is 0 Å². The molecule has 4 heteroatoms. The predicted molar refractivity (Wildman–Crippen MR) is 82.8 cm³/mol. The first-order chi connectivity index (χ1) is 9.13. The summed E-state index contributed by atoms with van der Waals surface area (Å²) in [6.45, 7) is 1.41. The Morgan fingerprint density at radius 2 is 2.00 bits per heavy atom. The number of carbonyl (C=O) groups is 1. The Balaban J connectivity index is 2.28. The summed E-state index contributed by atoms with van der Waals surface area (Å²) >= 11 is 3.44. The number of carbonyl (C=O) groups excluding carboxylic acids is 1. The molecule has 1 amide bonds. The number of halogens is 1. The Labute approximate surface area is 124 Å². The molecule has 0 saturated heterocycles. The normalized spacial score (nSPS) is 10.5. The Morgan fingerprint density at radius 3 is 2.68 bits per heavy atom. The molecule has 0 radical (unpaired) electrons. The van der Waals surface area contributed by atoms with Crippen molar-refractivity contribution in [1.29, 1.82) is 0 Å². The lowest BCUT2D eigenvalue weighted by atomic mass is 10.1. The number of amides is 1. The fourth-order valence-electron chi connectivity index (χ4n) is 1.96. The van der Waals surface area contributed by atoms with Gasteiger partial charge in [0.25, 0.3) is 0 Å². The van der Waals surface area contributed by atoms with E-state index in [2.05, 4.69) is 15.9 Å². The zero-order chi connectivity index (χ0) is 14.1. The van der Waals surface area contributed by atoms with E-state index in [9.17, 15) is 4.79 Å². The molecule has 1 aromatic rings. The molecule has 0 heterocycles. The number of nitrogens with zero attached hydrogens (tertiary/aromatic N) is 1. The average molecular weight is 327 g/mol. The fourth-order valence-corrected chi connectivity index (χ4v) is 2.41. The molecule has 0 aliphatic heterocycles. The van der Waals surface area contributed by atoms with E-state index in [-0.39, 0.29) is 5.91 Å². The van der Waals surface area contributed by atoms with Crippen LogP contribution in [0.25, 0.3) is 0 Å². The zero-order valence-electron chi connectivity index (χ0n) is 11.6. The summed E-state index contributed by atoms with van der Waals surface area (Å²) < 4.78 is 1.05. The van der Waals surface area contributed by atoms with Gasteiger partial charge in [0.2, 0.25) is 5.91 Å². The van der Waals surface area contributed by atoms with E-state index < -0.39 is 0 Å². The van der Waals surface area contributed by atoms with Crippen LogP contribution < -0.4 is 5.73 Å². The van der Waals surface area contributed by atoms with E-state index in [4.69, 9.17) is 5.73 Å². The summed E-state index contributed by atoms with van der Waals surface area (Å²) in [5, 5.41) is 0. The minimum absolute atomic E-state index is 0.215. The van der Waals surface area contributed by atoms with Crippen LogP contribution in [0.5, 0.6) is 0 Å². The maximum Gasteiger partial charge on any atom is 0.222 e. The molecular formula is C15H23BrN2O. The topological polar surface area (TPSA) is 46.3 Å². The minimum Gasteiger partial charge on any atom is -0.341 e. The van der Waals surface area contributed by atoms with Crippen LogP contribution in [0.15, 0.2) is 28.7 Å². The number of rotatable bonds is 8. The molecule has 0 aromatic heterocycles. The molecule has 0 fully saturated rings. The van der Waals surface area contributed by atoms with Crippen molar-refractivity contribution >= 4 is 21.8 Å². The van der Waals surface area contributed by atoms with Crippen LogP contribution in [0.2, 0.25) is 0 Å². The molecule has 0 aliphatic carbocycles. The first kappa shape index (κ1) is 16.2. The molecule has 3 nitrogen and oxygen atoms in total. The second-order valence-electron chi connectivity index (χ2n) is 4.83. The second kappa shape index (κ2) is 9.10. The van der Waals surface area contributed by atoms with Gasteiger partial charge in [-0.2, -0.15) is 0 Å². The highest BCUT2D eigenvalue weighted by atomic mass is 79.9. The van der Waals surface area contributed by atoms with E-state index in [1.165, 1.54) is 0 Å². The summed E-state index contributed by atoms with van der Waals surface area (Å²) in [5.41, 5.74) is 6.58. The van der Waals surface area contributed by atoms with Crippen molar-refractivity contribution in [3.63, 3.8) is 0 Å². The molecule has 0 aliphatic rings. The standard InChI is InChI=1S/C15H23BrN2O/c1-18(12-13-7-6-8-14(16)11-13)15(19)9-4-2-3-5-10-17/h6-8,11H,2-5,9-10,12,17H2,1H3. The molecule has 0 unspecified atom stereocenters. The zero-order valence-corrected chi connectivity index (χ0v) is 13.2. The Kier molecular flexibility index (Phi) is 7.75. The van der Waals surface area contributed by atoms with Crippen molar-refractivity contribution in [2.75, 3.05) is 13.6 Å². The van der Waals surface area contributed by atoms with Crippen LogP contribution in [0, 0.1) is 0 Å². The molecule has 0 spiro atoms. The number of nitrogens with two attached hydrogens (primary N) is 1. The van der Waals surface area contributed by atoms with Gasteiger partial charge < -0.3 is 10.6 Å². The third kappa shape index (κ3) is 6.73. The third-order valence-electron chi connectivity index (χ3n) is 3.08. The van der Waals surface area contributed by atoms with E-state index in [0.29, 0.717) is 13.0 Å². The van der Waals surface area contributed by atoms with Crippen LogP contribution in [0.3, 0.4) is 0 Å². The van der Waals surface area contributed by atoms with Crippen molar-refractivity contribution < 1.29 is 4.79 Å². The molecule has 1 rings (SSSR count). The van der Waals surface area contributed by atoms with Crippen LogP contribution in [-0.2, 0) is 11.3 Å². The molecule has 0 atom stereocenters. The first-order valence-electron chi connectivity index (χ1n) is 6.82. The van der Waals surface area contributed by atoms with Gasteiger partial charge in [-0.05, 0) is 37.1 Å². The van der Waals surface area contributed by atoms with E-state index in [1.807, 2.05) is 31.3 Å². The van der Waals surface area contributed by atoms with E-state index in [0.717, 1.165) is 42.3 Å². The van der Waals surface area contributed by atoms with Gasteiger partial charge >= 0.3 is 0 Å². The van der Waals surface area contributed by atoms with Crippen LogP contribution in [-0.4, -0.2) is 24.4 Å². The van der Waals surface area contributed by atoms with Crippen LogP contribution >= 0.6 is 15.9 Å². The molecule has 0 bridgehead atoms. The lowest BCUT2D eigenvalue weighted by molar-refractivity contribution is -0.130. The Morgan fingerprint density at radius 1 is 1.26 bits per heavy atom. The van der Waals surface area contributed by atoms with Gasteiger partial charge in [0.15, 0.2) is 0 Å². The predicted octanol–water partition coefficient (Wildman–Crippen LogP) is 3.32. The van der Waals surface area contributed by atoms with Gasteiger partial charge in [0.1, 0.15) is 0 Å². The highest BCUT2D eigenvalue weighted by Crippen LogP contribution is 2.13. The number of hydrogen-bond donors (Lipinski definition) is 1. The average Bonchev–Trinajstić information content (AvgIpc) is 2.38. The van der Waals surface area contributed by atoms with Gasteiger partial charge in [0.05, 0.1) is 0 Å². The monoisotopic (exact) mass is 326 g/mol. The molecule has 106 valence electrons. The van der Waals surface area contributed by atoms with Crippen molar-refractivity contribution in [3.05, 3.63) is 34.3 Å². The van der Waals surface area contributed by atoms with Crippen LogP contribution in [0.4, 0.5) is 0 Å². The minimum atomic E-state index is 0.215. The van der Waals surface area contributed by atoms with Gasteiger partial charge in [-0.3, -0.25) is 4.79 Å². The summed E-state index contributed by atoms with van der Waals surface area (Å²) in [6.07, 6.45) is 4.87. The number of unbranched alkanes of at least 4 members (excludes halogenated alkanes) is 3. The summed E-state index contributed by atoms with van der Waals surface area (Å²) in [5.74, 6) is 0.215. The summed E-state index contributed by atoms with van der Waals surface area (Å²) in [6, 6.07) is 8.06. The first-order valence-corrected chi connectivity index (χ1v) is 7.61. The maximum atomic E-state index is 12.0. The summed E-state index contributed by atoms with van der Waals surface area (Å²) in [4.78, 5) is 13.8. The Hall–Kier alpha value is -0.870. The quantitative estimate of drug-likeness (QED) is 0.745. The molecule has 1 aromatic carbocycles. The number of benzene rings is 1. The molecular weight excluding hydrogens is 304 g/mol. The number of hydrogen-bond acceptors (Lipinski definition) is 2. The fraction of sp³-hybridized carbons (Fsp3) is 0.533. The highest BCUT2D eigenvalue weighted by molar-refractivity contribution is 9.10. The van der Waals surface area contributed by atoms with E-state index in [1.54, 1.807) is 4.90 Å². The smallest absolute Gasteiger partial charge is 0.222 e. The van der Waals surface area contributed by atoms with Gasteiger partial charge in [0, 0.05) is 24.5 Å². The van der Waals surface area contributed by atoms with Gasteiger partial charge in [-0.1, -0.05) is 40.9 Å². The SMILES string of the molecule is CN(Cc1cccc(Br)c1)C(=O)CCCCCCN. The second-order valence-corrected chi connectivity index (χ2v) is 5.75. The van der Waals surface area contributed by atoms with Gasteiger partial charge in [-0.15, -0.1) is 0 Å². The molecule has 2 N–H and O–H groups in total. The third-order valence-corrected chi connectivity index (χ3v) is 3.57. The largest absolute Gasteiger partial charge is 0.341 e. The molecule has 19 heavy (non-hydrogen) atoms. The van der Waals surface area contributed by atoms with E-state index >= 15 is 0 Å². The van der Waals surface area contributed by atoms with Crippen molar-refractivity contribution in [1.82, 2.24) is 4.90 Å². The highest BCUT2D eigenvalue weighted by Gasteiger charge is 2.08. The lowest BCUT2D eigenvalue weighted by Gasteiger charge is -2.17. The molecule has 0 saturated carbocycles. The summed E-state index contributed by atoms with van der Waals surface area (Å²) in [7, 11) is 1.86.